The Morgan fingerprint density at radius 3 is 2.94 bits per heavy atom. The van der Waals surface area contributed by atoms with E-state index in [1.54, 1.807) is 6.20 Å². The Balaban J connectivity index is 1.52. The number of ether oxygens (including phenoxy) is 4. The van der Waals surface area contributed by atoms with Gasteiger partial charge in [-0.05, 0) is 6.07 Å². The molecule has 178 valence electrons. The fourth-order valence-electron chi connectivity index (χ4n) is 5.19. The van der Waals surface area contributed by atoms with Gasteiger partial charge in [0.15, 0.2) is 0 Å². The van der Waals surface area contributed by atoms with Crippen LogP contribution in [-0.4, -0.2) is 59.6 Å². The van der Waals surface area contributed by atoms with Crippen molar-refractivity contribution in [3.05, 3.63) is 35.8 Å². The van der Waals surface area contributed by atoms with Crippen molar-refractivity contribution in [2.45, 2.75) is 37.9 Å². The van der Waals surface area contributed by atoms with Crippen molar-refractivity contribution in [2.24, 2.45) is 7.05 Å². The molecule has 0 bridgehead atoms. The van der Waals surface area contributed by atoms with E-state index in [2.05, 4.69) is 10.3 Å². The molecule has 9 nitrogen and oxygen atoms in total. The summed E-state index contributed by atoms with van der Waals surface area (Å²) in [6, 6.07) is 3.93. The van der Waals surface area contributed by atoms with Gasteiger partial charge in [-0.15, -0.1) is 0 Å². The third-order valence-corrected chi connectivity index (χ3v) is 6.87. The van der Waals surface area contributed by atoms with Crippen LogP contribution in [0, 0.1) is 0 Å². The Kier molecular flexibility index (Phi) is 5.28. The number of aromatic nitrogens is 3. The molecule has 3 aromatic heterocycles. The van der Waals surface area contributed by atoms with E-state index < -0.39 is 5.60 Å². The minimum absolute atomic E-state index is 0.0288. The van der Waals surface area contributed by atoms with Gasteiger partial charge in [-0.3, -0.25) is 4.79 Å². The number of carbonyl (C=O) groups excluding carboxylic acids is 1. The Labute approximate surface area is 197 Å². The minimum Gasteiger partial charge on any atom is -0.487 e. The highest BCUT2D eigenvalue weighted by Gasteiger charge is 2.44. The molecule has 2 saturated heterocycles. The molecule has 6 rings (SSSR count). The number of aryl methyl sites for hydroxylation is 1. The number of nitrogens with zero attached hydrogens (tertiary/aromatic N) is 3. The number of pyridine rings is 2. The summed E-state index contributed by atoms with van der Waals surface area (Å²) in [6.45, 7) is 4.55. The average Bonchev–Trinajstić information content (AvgIpc) is 3.56. The van der Waals surface area contributed by atoms with Crippen LogP contribution >= 0.6 is 0 Å². The van der Waals surface area contributed by atoms with E-state index in [4.69, 9.17) is 23.9 Å². The third kappa shape index (κ3) is 3.64. The van der Waals surface area contributed by atoms with Crippen molar-refractivity contribution in [1.29, 1.82) is 0 Å². The number of fused-ring (bicyclic) bond motifs is 3. The molecule has 3 aliphatic rings. The second kappa shape index (κ2) is 8.33. The lowest BCUT2D eigenvalue weighted by Gasteiger charge is -2.35. The zero-order valence-corrected chi connectivity index (χ0v) is 19.4. The fraction of sp³-hybridized carbons (Fsp3) is 0.480. The first kappa shape index (κ1) is 21.5. The van der Waals surface area contributed by atoms with Crippen molar-refractivity contribution < 1.29 is 23.7 Å². The predicted molar refractivity (Wildman–Crippen MR) is 125 cm³/mol. The predicted octanol–water partition coefficient (Wildman–Crippen LogP) is 2.95. The highest BCUT2D eigenvalue weighted by atomic mass is 16.6. The topological polar surface area (TPSA) is 96.7 Å². The lowest BCUT2D eigenvalue weighted by Crippen LogP contribution is -2.37. The Bertz CT molecular complexity index is 1260. The molecule has 0 saturated carbocycles. The van der Waals surface area contributed by atoms with Gasteiger partial charge in [0.2, 0.25) is 5.91 Å². The molecule has 1 amide bonds. The summed E-state index contributed by atoms with van der Waals surface area (Å²) in [7, 11) is 1.98. The van der Waals surface area contributed by atoms with Crippen molar-refractivity contribution in [2.75, 3.05) is 38.4 Å². The molecule has 0 aliphatic carbocycles. The van der Waals surface area contributed by atoms with Gasteiger partial charge >= 0.3 is 0 Å². The molecule has 34 heavy (non-hydrogen) atoms. The second-order valence-electron chi connectivity index (χ2n) is 9.25. The molecule has 9 heteroatoms. The minimum atomic E-state index is -0.540. The summed E-state index contributed by atoms with van der Waals surface area (Å²) in [6.07, 6.45) is 6.24. The van der Waals surface area contributed by atoms with Gasteiger partial charge in [0.05, 0.1) is 49.5 Å². The monoisotopic (exact) mass is 464 g/mol. The van der Waals surface area contributed by atoms with Crippen molar-refractivity contribution in [3.8, 4) is 17.0 Å². The molecule has 1 N–H and O–H groups in total. The maximum absolute atomic E-state index is 11.6. The van der Waals surface area contributed by atoms with Crippen LogP contribution in [0.4, 0.5) is 5.82 Å². The van der Waals surface area contributed by atoms with Crippen LogP contribution in [-0.2, 0) is 38.1 Å². The number of carbonyl (C=O) groups is 1. The molecular weight excluding hydrogens is 436 g/mol. The zero-order chi connectivity index (χ0) is 23.3. The van der Waals surface area contributed by atoms with Gasteiger partial charge in [0.25, 0.3) is 0 Å². The zero-order valence-electron chi connectivity index (χ0n) is 19.4. The smallest absolute Gasteiger partial charge is 0.222 e. The molecule has 3 aromatic rings. The highest BCUT2D eigenvalue weighted by molar-refractivity contribution is 5.98. The molecule has 0 aromatic carbocycles. The molecule has 3 aliphatic heterocycles. The van der Waals surface area contributed by atoms with Gasteiger partial charge in [-0.2, -0.15) is 0 Å². The van der Waals surface area contributed by atoms with Crippen LogP contribution < -0.4 is 10.1 Å². The molecule has 1 unspecified atom stereocenters. The van der Waals surface area contributed by atoms with E-state index in [1.165, 1.54) is 6.92 Å². The van der Waals surface area contributed by atoms with E-state index in [1.807, 2.05) is 29.9 Å². The van der Waals surface area contributed by atoms with E-state index in [0.717, 1.165) is 58.4 Å². The van der Waals surface area contributed by atoms with Gasteiger partial charge in [-0.1, -0.05) is 0 Å². The van der Waals surface area contributed by atoms with E-state index in [-0.39, 0.29) is 12.0 Å². The molecule has 6 heterocycles. The molecule has 1 spiro atoms. The molecular formula is C25H28N4O5. The average molecular weight is 465 g/mol. The van der Waals surface area contributed by atoms with Crippen LogP contribution in [0.3, 0.4) is 0 Å². The molecule has 2 atom stereocenters. The van der Waals surface area contributed by atoms with Crippen molar-refractivity contribution >= 4 is 22.6 Å². The van der Waals surface area contributed by atoms with Crippen molar-refractivity contribution in [3.63, 3.8) is 0 Å². The van der Waals surface area contributed by atoms with E-state index >= 15 is 0 Å². The molecule has 0 radical (unpaired) electrons. The van der Waals surface area contributed by atoms with Crippen molar-refractivity contribution in [1.82, 2.24) is 14.5 Å². The maximum atomic E-state index is 11.6. The second-order valence-corrected chi connectivity index (χ2v) is 9.25. The van der Waals surface area contributed by atoms with Gasteiger partial charge in [0, 0.05) is 68.6 Å². The SMILES string of the molecule is CC(=O)Nc1cc2c(-c3cc(O[C@H]4CCOC4)c4c(n3)C3(CCOC3)OCC4)cn(C)c2cn1. The number of hydrogen-bond acceptors (Lipinski definition) is 7. The molecule has 2 fully saturated rings. The Hall–Kier alpha value is -3.01. The first-order valence-electron chi connectivity index (χ1n) is 11.8. The van der Waals surface area contributed by atoms with Crippen LogP contribution in [0.25, 0.3) is 22.2 Å². The summed E-state index contributed by atoms with van der Waals surface area (Å²) in [5.74, 6) is 1.19. The fourth-order valence-corrected chi connectivity index (χ4v) is 5.19. The number of amides is 1. The number of anilines is 1. The summed E-state index contributed by atoms with van der Waals surface area (Å²) < 4.78 is 26.1. The van der Waals surface area contributed by atoms with Crippen LogP contribution in [0.15, 0.2) is 24.5 Å². The standard InChI is InChI=1S/C25H28N4O5/c1-15(30)27-23-9-18-19(12-29(2)21(18)11-26-23)20-10-22(34-16-3-6-31-13-16)17-4-7-33-25(24(17)28-20)5-8-32-14-25/h9-12,16H,3-8,13-14H2,1-2H3,(H,26,27,30)/t16-,25?/m0/s1. The lowest BCUT2D eigenvalue weighted by molar-refractivity contribution is -0.114. The van der Waals surface area contributed by atoms with Gasteiger partial charge in [0.1, 0.15) is 23.3 Å². The highest BCUT2D eigenvalue weighted by Crippen LogP contribution is 2.44. The van der Waals surface area contributed by atoms with Gasteiger partial charge < -0.3 is 28.8 Å². The van der Waals surface area contributed by atoms with Gasteiger partial charge in [-0.25, -0.2) is 9.97 Å². The van der Waals surface area contributed by atoms with Crippen LogP contribution in [0.2, 0.25) is 0 Å². The van der Waals surface area contributed by atoms with Crippen LogP contribution in [0.5, 0.6) is 5.75 Å². The summed E-state index contributed by atoms with van der Waals surface area (Å²) in [4.78, 5) is 21.2. The first-order chi connectivity index (χ1) is 16.5. The van der Waals surface area contributed by atoms with E-state index in [0.29, 0.717) is 38.9 Å². The number of rotatable bonds is 4. The number of hydrogen-bond donors (Lipinski definition) is 1. The van der Waals surface area contributed by atoms with Crippen LogP contribution in [0.1, 0.15) is 31.0 Å². The summed E-state index contributed by atoms with van der Waals surface area (Å²) in [5.41, 5.74) is 4.17. The summed E-state index contributed by atoms with van der Waals surface area (Å²) in [5, 5.41) is 3.74. The Morgan fingerprint density at radius 2 is 2.18 bits per heavy atom. The Morgan fingerprint density at radius 1 is 1.26 bits per heavy atom. The van der Waals surface area contributed by atoms with E-state index in [9.17, 15) is 4.79 Å². The quantitative estimate of drug-likeness (QED) is 0.634. The lowest BCUT2D eigenvalue weighted by atomic mass is 9.89. The number of nitrogens with one attached hydrogen (secondary N) is 1. The normalized spacial score (nSPS) is 24.0. The summed E-state index contributed by atoms with van der Waals surface area (Å²) >= 11 is 0. The largest absolute Gasteiger partial charge is 0.487 e. The third-order valence-electron chi connectivity index (χ3n) is 6.87. The maximum Gasteiger partial charge on any atom is 0.222 e. The first-order valence-corrected chi connectivity index (χ1v) is 11.8.